The predicted molar refractivity (Wildman–Crippen MR) is 118 cm³/mol. The first-order chi connectivity index (χ1) is 14.4. The summed E-state index contributed by atoms with van der Waals surface area (Å²) in [5.74, 6) is -0.523. The Morgan fingerprint density at radius 2 is 1.70 bits per heavy atom. The molecule has 30 heavy (non-hydrogen) atoms. The molecule has 1 heterocycles. The highest BCUT2D eigenvalue weighted by molar-refractivity contribution is 7.89. The monoisotopic (exact) mass is 438 g/mol. The van der Waals surface area contributed by atoms with Crippen LogP contribution in [0.3, 0.4) is 0 Å². The number of aryl methyl sites for hydroxylation is 1. The molecule has 152 valence electrons. The summed E-state index contributed by atoms with van der Waals surface area (Å²) in [4.78, 5) is 12.4. The van der Waals surface area contributed by atoms with E-state index in [1.807, 2.05) is 49.4 Å². The van der Waals surface area contributed by atoms with Gasteiger partial charge in [0, 0.05) is 10.9 Å². The average molecular weight is 439 g/mol. The third-order valence-electron chi connectivity index (χ3n) is 4.43. The molecule has 0 aliphatic rings. The Hall–Kier alpha value is -3.14. The van der Waals surface area contributed by atoms with Crippen LogP contribution in [0.2, 0.25) is 0 Å². The fraction of sp³-hybridized carbons (Fsp3) is 0.0952. The smallest absolute Gasteiger partial charge is 0.241 e. The Morgan fingerprint density at radius 3 is 2.50 bits per heavy atom. The largest absolute Gasteiger partial charge is 0.299 e. The number of carbonyl (C=O) groups is 1. The van der Waals surface area contributed by atoms with Gasteiger partial charge < -0.3 is 0 Å². The summed E-state index contributed by atoms with van der Waals surface area (Å²) in [6.45, 7) is 1.58. The van der Waals surface area contributed by atoms with Crippen molar-refractivity contribution in [3.8, 4) is 10.6 Å². The van der Waals surface area contributed by atoms with E-state index in [9.17, 15) is 13.2 Å². The summed E-state index contributed by atoms with van der Waals surface area (Å²) in [7, 11) is -3.86. The van der Waals surface area contributed by atoms with Gasteiger partial charge in [-0.3, -0.25) is 10.1 Å². The molecule has 1 aromatic heterocycles. The van der Waals surface area contributed by atoms with Gasteiger partial charge in [0.05, 0.1) is 11.4 Å². The van der Waals surface area contributed by atoms with Crippen LogP contribution < -0.4 is 10.0 Å². The zero-order chi connectivity index (χ0) is 21.1. The fourth-order valence-corrected chi connectivity index (χ4v) is 4.89. The molecule has 0 radical (unpaired) electrons. The van der Waals surface area contributed by atoms with Gasteiger partial charge >= 0.3 is 0 Å². The zero-order valence-electron chi connectivity index (χ0n) is 16.0. The Balaban J connectivity index is 1.43. The number of sulfonamides is 1. The lowest BCUT2D eigenvalue weighted by Crippen LogP contribution is -2.33. The maximum atomic E-state index is 12.7. The Kier molecular flexibility index (Phi) is 5.58. The van der Waals surface area contributed by atoms with Crippen LogP contribution >= 0.6 is 11.3 Å². The number of hydrogen-bond acceptors (Lipinski definition) is 6. The van der Waals surface area contributed by atoms with Gasteiger partial charge in [-0.2, -0.15) is 0 Å². The molecule has 0 fully saturated rings. The van der Waals surface area contributed by atoms with Crippen molar-refractivity contribution >= 4 is 43.2 Å². The molecule has 0 unspecified atom stereocenters. The number of fused-ring (bicyclic) bond motifs is 1. The summed E-state index contributed by atoms with van der Waals surface area (Å²) in [6, 6.07) is 20.0. The lowest BCUT2D eigenvalue weighted by atomic mass is 10.1. The zero-order valence-corrected chi connectivity index (χ0v) is 17.6. The van der Waals surface area contributed by atoms with Gasteiger partial charge in [0.1, 0.15) is 5.01 Å². The van der Waals surface area contributed by atoms with E-state index in [-0.39, 0.29) is 4.90 Å². The number of anilines is 1. The van der Waals surface area contributed by atoms with Gasteiger partial charge in [0.2, 0.25) is 21.1 Å². The molecular formula is C21H18N4O3S2. The predicted octanol–water partition coefficient (Wildman–Crippen LogP) is 3.58. The molecular weight excluding hydrogens is 420 g/mol. The standard InChI is InChI=1S/C21H18N4O3S2/c1-14-9-11-16(12-10-14)20-24-25-21(29-20)23-19(26)13-22-30(27,28)18-8-4-6-15-5-2-3-7-17(15)18/h2-12,22H,13H2,1H3,(H,23,25,26). The highest BCUT2D eigenvalue weighted by Crippen LogP contribution is 2.26. The highest BCUT2D eigenvalue weighted by atomic mass is 32.2. The lowest BCUT2D eigenvalue weighted by molar-refractivity contribution is -0.115. The van der Waals surface area contributed by atoms with Gasteiger partial charge in [0.15, 0.2) is 0 Å². The molecule has 0 spiro atoms. The van der Waals surface area contributed by atoms with Crippen LogP contribution in [0.25, 0.3) is 21.3 Å². The number of amides is 1. The second-order valence-electron chi connectivity index (χ2n) is 6.63. The molecule has 0 saturated carbocycles. The average Bonchev–Trinajstić information content (AvgIpc) is 3.21. The first kappa shape index (κ1) is 20.1. The molecule has 1 amide bonds. The quantitative estimate of drug-likeness (QED) is 0.479. The molecule has 9 heteroatoms. The topological polar surface area (TPSA) is 101 Å². The normalized spacial score (nSPS) is 11.5. The van der Waals surface area contributed by atoms with E-state index < -0.39 is 22.5 Å². The summed E-state index contributed by atoms with van der Waals surface area (Å²) in [5, 5.41) is 13.0. The van der Waals surface area contributed by atoms with Crippen LogP contribution in [-0.4, -0.2) is 31.1 Å². The van der Waals surface area contributed by atoms with Crippen LogP contribution in [0, 0.1) is 6.92 Å². The molecule has 4 aromatic rings. The number of benzene rings is 3. The van der Waals surface area contributed by atoms with Crippen LogP contribution in [0.4, 0.5) is 5.13 Å². The second kappa shape index (κ2) is 8.31. The molecule has 0 aliphatic heterocycles. The minimum absolute atomic E-state index is 0.131. The maximum Gasteiger partial charge on any atom is 0.241 e. The van der Waals surface area contributed by atoms with E-state index in [0.717, 1.165) is 16.5 Å². The molecule has 2 N–H and O–H groups in total. The Labute approximate surface area is 177 Å². The van der Waals surface area contributed by atoms with E-state index in [2.05, 4.69) is 20.2 Å². The number of carbonyl (C=O) groups excluding carboxylic acids is 1. The van der Waals surface area contributed by atoms with Crippen molar-refractivity contribution in [2.24, 2.45) is 0 Å². The van der Waals surface area contributed by atoms with Crippen LogP contribution in [0.5, 0.6) is 0 Å². The van der Waals surface area contributed by atoms with Crippen molar-refractivity contribution in [2.75, 3.05) is 11.9 Å². The van der Waals surface area contributed by atoms with Crippen molar-refractivity contribution in [1.29, 1.82) is 0 Å². The number of aromatic nitrogens is 2. The highest BCUT2D eigenvalue weighted by Gasteiger charge is 2.19. The van der Waals surface area contributed by atoms with E-state index in [1.165, 1.54) is 17.4 Å². The minimum Gasteiger partial charge on any atom is -0.299 e. The second-order valence-corrected chi connectivity index (χ2v) is 9.34. The van der Waals surface area contributed by atoms with E-state index in [4.69, 9.17) is 0 Å². The van der Waals surface area contributed by atoms with Crippen LogP contribution in [0.1, 0.15) is 5.56 Å². The van der Waals surface area contributed by atoms with Gasteiger partial charge in [-0.15, -0.1) is 10.2 Å². The van der Waals surface area contributed by atoms with Crippen molar-refractivity contribution in [3.05, 3.63) is 72.3 Å². The first-order valence-electron chi connectivity index (χ1n) is 9.10. The van der Waals surface area contributed by atoms with Gasteiger partial charge in [-0.1, -0.05) is 77.6 Å². The van der Waals surface area contributed by atoms with Crippen molar-refractivity contribution in [2.45, 2.75) is 11.8 Å². The molecule has 3 aromatic carbocycles. The maximum absolute atomic E-state index is 12.7. The van der Waals surface area contributed by atoms with E-state index in [1.54, 1.807) is 18.2 Å². The Morgan fingerprint density at radius 1 is 0.967 bits per heavy atom. The SMILES string of the molecule is Cc1ccc(-c2nnc(NC(=O)CNS(=O)(=O)c3cccc4ccccc34)s2)cc1. The summed E-state index contributed by atoms with van der Waals surface area (Å²) >= 11 is 1.22. The number of hydrogen-bond donors (Lipinski definition) is 2. The van der Waals surface area contributed by atoms with Gasteiger partial charge in [0.25, 0.3) is 0 Å². The van der Waals surface area contributed by atoms with Gasteiger partial charge in [-0.05, 0) is 18.4 Å². The van der Waals surface area contributed by atoms with Crippen molar-refractivity contribution < 1.29 is 13.2 Å². The molecule has 4 rings (SSSR count). The number of nitrogens with one attached hydrogen (secondary N) is 2. The van der Waals surface area contributed by atoms with Crippen molar-refractivity contribution in [3.63, 3.8) is 0 Å². The molecule has 0 saturated heterocycles. The summed E-state index contributed by atoms with van der Waals surface area (Å²) in [6.07, 6.45) is 0. The molecule has 7 nitrogen and oxygen atoms in total. The fourth-order valence-electron chi connectivity index (χ4n) is 2.92. The van der Waals surface area contributed by atoms with E-state index >= 15 is 0 Å². The third kappa shape index (κ3) is 4.38. The molecule has 0 bridgehead atoms. The van der Waals surface area contributed by atoms with Gasteiger partial charge in [-0.25, -0.2) is 13.1 Å². The number of rotatable bonds is 6. The Bertz CT molecular complexity index is 1310. The third-order valence-corrected chi connectivity index (χ3v) is 6.78. The summed E-state index contributed by atoms with van der Waals surface area (Å²) < 4.78 is 27.8. The molecule has 0 atom stereocenters. The summed E-state index contributed by atoms with van der Waals surface area (Å²) in [5.41, 5.74) is 2.03. The van der Waals surface area contributed by atoms with Crippen LogP contribution in [0.15, 0.2) is 71.6 Å². The number of nitrogens with zero attached hydrogens (tertiary/aromatic N) is 2. The van der Waals surface area contributed by atoms with Crippen molar-refractivity contribution in [1.82, 2.24) is 14.9 Å². The van der Waals surface area contributed by atoms with Crippen LogP contribution in [-0.2, 0) is 14.8 Å². The lowest BCUT2D eigenvalue weighted by Gasteiger charge is -2.09. The minimum atomic E-state index is -3.86. The first-order valence-corrected chi connectivity index (χ1v) is 11.4. The van der Waals surface area contributed by atoms with E-state index in [0.29, 0.717) is 15.5 Å². The molecule has 0 aliphatic carbocycles.